The second kappa shape index (κ2) is 28.8. The Labute approximate surface area is 515 Å². The highest BCUT2D eigenvalue weighted by atomic mass is 31.2. The summed E-state index contributed by atoms with van der Waals surface area (Å²) in [6.07, 6.45) is 7.10. The lowest BCUT2D eigenvalue weighted by atomic mass is 10.0. The number of aromatic amines is 1. The number of H-pyrrole nitrogens is 1. The molecule has 10 rings (SSSR count). The maximum atomic E-state index is 12.9. The third-order valence-electron chi connectivity index (χ3n) is 14.0. The van der Waals surface area contributed by atoms with Crippen LogP contribution in [0.5, 0.6) is 0 Å². The third-order valence-corrected chi connectivity index (χ3v) is 16.3. The van der Waals surface area contributed by atoms with Gasteiger partial charge in [-0.05, 0) is 153 Å². The second-order valence-electron chi connectivity index (χ2n) is 23.0. The van der Waals surface area contributed by atoms with Crippen LogP contribution >= 0.6 is 7.37 Å². The van der Waals surface area contributed by atoms with Gasteiger partial charge in [-0.1, -0.05) is 60.7 Å². The topological polar surface area (TPSA) is 328 Å². The molecule has 2 aliphatic heterocycles. The number of nitrogens with two attached hydrogens (primary N) is 2. The molecule has 4 aromatic carbocycles. The van der Waals surface area contributed by atoms with Crippen molar-refractivity contribution in [2.45, 2.75) is 117 Å². The normalized spacial score (nSPS) is 15.0. The first-order chi connectivity index (χ1) is 42.4. The summed E-state index contributed by atoms with van der Waals surface area (Å²) in [6, 6.07) is 37.3. The lowest BCUT2D eigenvalue weighted by molar-refractivity contribution is 0.00739. The van der Waals surface area contributed by atoms with Crippen LogP contribution in [0.25, 0.3) is 22.5 Å². The number of hydrogen-bond acceptors (Lipinski definition) is 18. The number of amides is 4. The maximum absolute atomic E-state index is 12.9. The Balaban J connectivity index is 0.000000185. The molecule has 6 heterocycles. The number of likely N-dealkylation sites (tertiary alicyclic amines) is 2. The highest BCUT2D eigenvalue weighted by Gasteiger charge is 2.37. The van der Waals surface area contributed by atoms with Crippen LogP contribution in [0.2, 0.25) is 0 Å². The summed E-state index contributed by atoms with van der Waals surface area (Å²) >= 11 is 0. The molecule has 24 nitrogen and oxygen atoms in total. The van der Waals surface area contributed by atoms with Crippen LogP contribution in [0, 0.1) is 0 Å². The Morgan fingerprint density at radius 2 is 1.02 bits per heavy atom. The second-order valence-corrected chi connectivity index (χ2v) is 25.3. The summed E-state index contributed by atoms with van der Waals surface area (Å²) in [4.78, 5) is 92.0. The number of aromatic nitrogens is 8. The van der Waals surface area contributed by atoms with Crippen molar-refractivity contribution in [3.8, 4) is 22.5 Å². The minimum absolute atomic E-state index is 0.173. The number of carbonyl (C=O) groups is 6. The van der Waals surface area contributed by atoms with Gasteiger partial charge in [0.15, 0.2) is 29.0 Å². The fraction of sp³-hybridized carbons (Fsp3) is 0.312. The number of anilines is 2. The molecule has 464 valence electrons. The molecule has 0 unspecified atom stereocenters. The van der Waals surface area contributed by atoms with Crippen LogP contribution in [0.4, 0.5) is 21.2 Å². The van der Waals surface area contributed by atoms with Crippen molar-refractivity contribution < 1.29 is 47.4 Å². The Morgan fingerprint density at radius 3 is 1.44 bits per heavy atom. The number of Topliss-reactive ketones (excluding diaryl/α,β-unsaturated/α-hetero) is 2. The predicted molar refractivity (Wildman–Crippen MR) is 336 cm³/mol. The van der Waals surface area contributed by atoms with Gasteiger partial charge in [0.25, 0.3) is 19.2 Å². The molecule has 8 aromatic rings. The molecule has 2 fully saturated rings. The van der Waals surface area contributed by atoms with Gasteiger partial charge >= 0.3 is 12.2 Å². The molecule has 0 radical (unpaired) electrons. The van der Waals surface area contributed by atoms with Crippen LogP contribution in [-0.2, 0) is 18.7 Å². The number of nitrogens with one attached hydrogen (secondary N) is 3. The zero-order valence-corrected chi connectivity index (χ0v) is 51.8. The molecule has 0 aliphatic carbocycles. The minimum atomic E-state index is -3.13. The highest BCUT2D eigenvalue weighted by molar-refractivity contribution is 7.74. The molecule has 89 heavy (non-hydrogen) atoms. The van der Waals surface area contributed by atoms with E-state index in [1.807, 2.05) is 77.9 Å². The van der Waals surface area contributed by atoms with Gasteiger partial charge in [-0.2, -0.15) is 10.2 Å². The number of ketones is 2. The van der Waals surface area contributed by atoms with Crippen LogP contribution in [-0.4, -0.2) is 110 Å². The molecular formula is C64H73N14O10P. The molecule has 2 atom stereocenters. The summed E-state index contributed by atoms with van der Waals surface area (Å²) in [6.45, 7) is 14.9. The first-order valence-electron chi connectivity index (χ1n) is 28.9. The summed E-state index contributed by atoms with van der Waals surface area (Å²) in [5, 5.41) is 21.8. The number of imidazole rings is 2. The number of rotatable bonds is 13. The molecular weight excluding hydrogens is 1160 g/mol. The van der Waals surface area contributed by atoms with Crippen molar-refractivity contribution in [3.05, 3.63) is 180 Å². The number of benzene rings is 4. The Morgan fingerprint density at radius 1 is 0.573 bits per heavy atom. The van der Waals surface area contributed by atoms with E-state index >= 15 is 0 Å². The molecule has 0 bridgehead atoms. The van der Waals surface area contributed by atoms with Gasteiger partial charge < -0.3 is 30.9 Å². The van der Waals surface area contributed by atoms with E-state index in [0.717, 1.165) is 25.7 Å². The monoisotopic (exact) mass is 1230 g/mol. The van der Waals surface area contributed by atoms with Gasteiger partial charge in [0.05, 0.1) is 17.8 Å². The van der Waals surface area contributed by atoms with Crippen molar-refractivity contribution in [2.24, 2.45) is 5.90 Å². The molecule has 0 saturated carbocycles. The van der Waals surface area contributed by atoms with Gasteiger partial charge in [-0.25, -0.2) is 34.8 Å². The van der Waals surface area contributed by atoms with E-state index in [9.17, 15) is 33.3 Å². The lowest BCUT2D eigenvalue weighted by Gasteiger charge is -2.36. The molecule has 0 spiro atoms. The van der Waals surface area contributed by atoms with E-state index in [1.165, 1.54) is 30.9 Å². The first kappa shape index (κ1) is 65.2. The molecule has 25 heteroatoms. The zero-order chi connectivity index (χ0) is 64.0. The van der Waals surface area contributed by atoms with Crippen molar-refractivity contribution in [1.29, 1.82) is 0 Å². The van der Waals surface area contributed by atoms with Crippen molar-refractivity contribution in [2.75, 3.05) is 29.6 Å². The summed E-state index contributed by atoms with van der Waals surface area (Å²) in [5.74, 6) is 12.1. The number of nitrogen functional groups attached to an aromatic ring is 1. The lowest BCUT2D eigenvalue weighted by Crippen LogP contribution is -2.43. The van der Waals surface area contributed by atoms with Gasteiger partial charge in [0, 0.05) is 72.2 Å². The summed E-state index contributed by atoms with van der Waals surface area (Å²) in [7, 11) is -3.13. The van der Waals surface area contributed by atoms with Crippen molar-refractivity contribution >= 4 is 65.2 Å². The third kappa shape index (κ3) is 16.7. The van der Waals surface area contributed by atoms with Gasteiger partial charge in [0.2, 0.25) is 0 Å². The standard InChI is InChI=1S/C26H31N7O4.C26H30N6O4.C12H12NO2P/c1-16(34)22-21(17-10-12-18(13-11-17)24(35)29-20-9-7-14-28-31-20)30-23(33(22)27)19-8-5-6-15-32(19)25(36)37-26(2,3)4;1-16(33)21-22(17-10-12-18(13-11-17)24(34)28-20-9-7-14-27-31-20)30-23(29-21)19-8-5-6-15-32(19)25(35)36-26(2,3)4;13-15-16(14,11-7-3-1-4-8-11)12-9-5-2-6-10-12/h7,9-14,19H,5-6,8,15,27H2,1-4H3,(H,29,31,35);7,9-14,19H,5-6,8,15H2,1-4H3,(H,29,30)(H,28,31,34);1-10H,13H2/t2*19-;/m00./s1. The number of nitrogens with zero attached hydrogens (tertiary/aromatic N) is 9. The molecule has 4 aromatic heterocycles. The van der Waals surface area contributed by atoms with E-state index in [-0.39, 0.29) is 35.1 Å². The highest BCUT2D eigenvalue weighted by Crippen LogP contribution is 2.42. The minimum Gasteiger partial charge on any atom is -0.444 e. The SMILES string of the molecule is CC(=O)c1[nH]c([C@@H]2CCCCN2C(=O)OC(C)(C)C)nc1-c1ccc(C(=O)Nc2cccnn2)cc1.CC(=O)c1c(-c2ccc(C(=O)Nc3cccnn3)cc2)nc([C@@H]2CCCCN2C(=O)OC(C)(C)C)n1N.NOP(=O)(c1ccccc1)c1ccccc1. The Hall–Kier alpha value is -9.77. The van der Waals surface area contributed by atoms with Crippen LogP contribution < -0.4 is 33.0 Å². The van der Waals surface area contributed by atoms with Gasteiger partial charge in [-0.3, -0.25) is 33.5 Å². The smallest absolute Gasteiger partial charge is 0.410 e. The van der Waals surface area contributed by atoms with E-state index in [2.05, 4.69) is 36.0 Å². The quantitative estimate of drug-likeness (QED) is 0.0310. The Bertz CT molecular complexity index is 3760. The van der Waals surface area contributed by atoms with Crippen LogP contribution in [0.15, 0.2) is 146 Å². The summed E-state index contributed by atoms with van der Waals surface area (Å²) in [5.41, 5.74) is 2.31. The van der Waals surface area contributed by atoms with E-state index in [0.29, 0.717) is 99.2 Å². The number of ether oxygens (including phenoxy) is 2. The Kier molecular flexibility index (Phi) is 21.1. The largest absolute Gasteiger partial charge is 0.444 e. The zero-order valence-electron chi connectivity index (χ0n) is 50.9. The average molecular weight is 1230 g/mol. The van der Waals surface area contributed by atoms with Crippen molar-refractivity contribution in [3.63, 3.8) is 0 Å². The van der Waals surface area contributed by atoms with E-state index in [4.69, 9.17) is 35.8 Å². The predicted octanol–water partition coefficient (Wildman–Crippen LogP) is 10.6. The number of hydrogen-bond donors (Lipinski definition) is 5. The average Bonchev–Trinajstić information content (AvgIpc) is 1.78. The van der Waals surface area contributed by atoms with Crippen LogP contribution in [0.1, 0.15) is 159 Å². The number of piperidine rings is 2. The summed E-state index contributed by atoms with van der Waals surface area (Å²) < 4.78 is 29.9. The van der Waals surface area contributed by atoms with E-state index in [1.54, 1.807) is 107 Å². The fourth-order valence-corrected chi connectivity index (χ4v) is 11.6. The molecule has 2 saturated heterocycles. The maximum Gasteiger partial charge on any atom is 0.410 e. The van der Waals surface area contributed by atoms with Crippen molar-refractivity contribution in [1.82, 2.24) is 49.8 Å². The van der Waals surface area contributed by atoms with Gasteiger partial charge in [0.1, 0.15) is 34.1 Å². The first-order valence-corrected chi connectivity index (χ1v) is 30.5. The van der Waals surface area contributed by atoms with Gasteiger partial charge in [-0.15, -0.1) is 10.2 Å². The molecule has 4 amide bonds. The fourth-order valence-electron chi connectivity index (χ4n) is 9.92. The molecule has 2 aliphatic rings. The number of carbonyl (C=O) groups excluding carboxylic acids is 6. The van der Waals surface area contributed by atoms with E-state index < -0.39 is 36.8 Å². The van der Waals surface area contributed by atoms with Crippen LogP contribution in [0.3, 0.4) is 0 Å². The molecule has 7 N–H and O–H groups in total.